The quantitative estimate of drug-likeness (QED) is 0.366. The molecule has 0 spiro atoms. The summed E-state index contributed by atoms with van der Waals surface area (Å²) in [6.45, 7) is 1.58. The van der Waals surface area contributed by atoms with Gasteiger partial charge in [0, 0.05) is 28.1 Å². The molecule has 0 atom stereocenters. The SMILES string of the molecule is CC1(C(=O)CN2C(=O)N(CC(=O)Nc3cccc(-c4nc(=O)o[nH]4)c3)N=C(C3CCCCC3)c3ccccc32)CCCC1. The fraction of sp³-hybridized carbons (Fsp3) is 0.438. The topological polar surface area (TPSA) is 141 Å². The zero-order chi connectivity index (χ0) is 30.0. The van der Waals surface area contributed by atoms with Crippen molar-refractivity contribution in [1.29, 1.82) is 0 Å². The molecule has 0 unspecified atom stereocenters. The van der Waals surface area contributed by atoms with Crippen LogP contribution in [0.3, 0.4) is 0 Å². The number of rotatable bonds is 8. The monoisotopic (exact) mass is 584 g/mol. The molecule has 0 bridgehead atoms. The van der Waals surface area contributed by atoms with E-state index in [4.69, 9.17) is 5.10 Å². The minimum Gasteiger partial charge on any atom is -0.324 e. The number of ketones is 1. The van der Waals surface area contributed by atoms with Crippen molar-refractivity contribution in [2.75, 3.05) is 23.3 Å². The number of hydrogen-bond acceptors (Lipinski definition) is 7. The van der Waals surface area contributed by atoms with E-state index in [2.05, 4.69) is 20.0 Å². The highest BCUT2D eigenvalue weighted by Gasteiger charge is 2.40. The van der Waals surface area contributed by atoms with Crippen molar-refractivity contribution in [2.45, 2.75) is 64.7 Å². The number of hydrazone groups is 1. The van der Waals surface area contributed by atoms with Gasteiger partial charge in [0.15, 0.2) is 11.6 Å². The van der Waals surface area contributed by atoms with Gasteiger partial charge in [-0.25, -0.2) is 14.6 Å². The number of urea groups is 1. The van der Waals surface area contributed by atoms with Crippen LogP contribution in [0.5, 0.6) is 0 Å². The van der Waals surface area contributed by atoms with Gasteiger partial charge in [-0.2, -0.15) is 15.2 Å². The van der Waals surface area contributed by atoms with Crippen molar-refractivity contribution in [1.82, 2.24) is 15.1 Å². The van der Waals surface area contributed by atoms with Gasteiger partial charge in [0.1, 0.15) is 6.54 Å². The van der Waals surface area contributed by atoms with E-state index < -0.39 is 23.1 Å². The molecule has 224 valence electrons. The largest absolute Gasteiger partial charge is 0.460 e. The maximum absolute atomic E-state index is 14.2. The third kappa shape index (κ3) is 6.02. The van der Waals surface area contributed by atoms with E-state index >= 15 is 0 Å². The maximum atomic E-state index is 14.2. The Morgan fingerprint density at radius 1 is 1.00 bits per heavy atom. The van der Waals surface area contributed by atoms with E-state index in [1.807, 2.05) is 31.2 Å². The zero-order valence-corrected chi connectivity index (χ0v) is 24.3. The van der Waals surface area contributed by atoms with Crippen LogP contribution in [0.25, 0.3) is 11.4 Å². The average molecular weight is 585 g/mol. The number of carbonyl (C=O) groups excluding carboxylic acids is 3. The van der Waals surface area contributed by atoms with Gasteiger partial charge >= 0.3 is 11.8 Å². The van der Waals surface area contributed by atoms with Gasteiger partial charge in [0.25, 0.3) is 0 Å². The molecule has 2 N–H and O–H groups in total. The molecule has 3 aromatic rings. The molecular weight excluding hydrogens is 548 g/mol. The number of aromatic nitrogens is 2. The summed E-state index contributed by atoms with van der Waals surface area (Å²) in [6.07, 6.45) is 8.85. The van der Waals surface area contributed by atoms with Crippen LogP contribution >= 0.6 is 0 Å². The average Bonchev–Trinajstić information content (AvgIpc) is 3.65. The first-order valence-corrected chi connectivity index (χ1v) is 15.1. The standard InChI is InChI=1S/C32H36N6O5/c1-32(16-7-8-17-32)26(39)19-37-25-15-6-5-14-24(25)28(21-10-3-2-4-11-21)35-38(31(37)42)20-27(40)33-23-13-9-12-22(18-23)29-34-30(41)43-36-29/h5-6,9,12-15,18,21H,2-4,7-8,10-11,16-17,19-20H2,1H3,(H,33,40)(H,34,36,41). The molecule has 3 amide bonds. The third-order valence-electron chi connectivity index (χ3n) is 8.98. The van der Waals surface area contributed by atoms with Gasteiger partial charge in [0.05, 0.1) is 17.9 Å². The molecule has 1 aliphatic heterocycles. The van der Waals surface area contributed by atoms with Crippen LogP contribution < -0.4 is 16.0 Å². The highest BCUT2D eigenvalue weighted by atomic mass is 16.5. The molecule has 11 heteroatoms. The number of Topliss-reactive ketones (excluding diaryl/α,β-unsaturated/α-hetero) is 1. The lowest BCUT2D eigenvalue weighted by Gasteiger charge is -2.29. The molecule has 0 saturated heterocycles. The normalized spacial score (nSPS) is 18.6. The summed E-state index contributed by atoms with van der Waals surface area (Å²) < 4.78 is 4.66. The summed E-state index contributed by atoms with van der Waals surface area (Å²) in [5, 5.41) is 11.4. The van der Waals surface area contributed by atoms with Crippen molar-refractivity contribution in [3.05, 3.63) is 64.6 Å². The van der Waals surface area contributed by atoms with Gasteiger partial charge in [-0.3, -0.25) is 14.5 Å². The van der Waals surface area contributed by atoms with E-state index in [-0.39, 0.29) is 30.6 Å². The zero-order valence-electron chi connectivity index (χ0n) is 24.3. The summed E-state index contributed by atoms with van der Waals surface area (Å²) in [6, 6.07) is 13.9. The fourth-order valence-electron chi connectivity index (χ4n) is 6.53. The molecule has 6 rings (SSSR count). The lowest BCUT2D eigenvalue weighted by Crippen LogP contribution is -2.47. The molecule has 0 radical (unpaired) electrons. The number of fused-ring (bicyclic) bond motifs is 1. The highest BCUT2D eigenvalue weighted by molar-refractivity contribution is 6.13. The first-order chi connectivity index (χ1) is 20.8. The minimum absolute atomic E-state index is 0.0291. The van der Waals surface area contributed by atoms with Gasteiger partial charge in [-0.1, -0.05) is 69.4 Å². The van der Waals surface area contributed by atoms with Crippen LogP contribution in [0.4, 0.5) is 16.2 Å². The number of carbonyl (C=O) groups is 3. The summed E-state index contributed by atoms with van der Waals surface area (Å²) in [5.74, 6) is -0.786. The Hall–Kier alpha value is -4.54. The van der Waals surface area contributed by atoms with E-state index in [0.717, 1.165) is 69.1 Å². The number of para-hydroxylation sites is 1. The van der Waals surface area contributed by atoms with Crippen LogP contribution in [0.1, 0.15) is 70.3 Å². The predicted molar refractivity (Wildman–Crippen MR) is 162 cm³/mol. The van der Waals surface area contributed by atoms with Crippen LogP contribution in [0, 0.1) is 11.3 Å². The lowest BCUT2D eigenvalue weighted by atomic mass is 9.82. The predicted octanol–water partition coefficient (Wildman–Crippen LogP) is 5.34. The summed E-state index contributed by atoms with van der Waals surface area (Å²) >= 11 is 0. The van der Waals surface area contributed by atoms with E-state index in [0.29, 0.717) is 16.9 Å². The molecule has 3 aliphatic rings. The Kier molecular flexibility index (Phi) is 7.96. The van der Waals surface area contributed by atoms with Gasteiger partial charge < -0.3 is 9.84 Å². The second-order valence-corrected chi connectivity index (χ2v) is 12.0. The number of benzene rings is 2. The molecule has 2 aliphatic carbocycles. The number of nitrogens with zero attached hydrogens (tertiary/aromatic N) is 4. The molecular formula is C32H36N6O5. The van der Waals surface area contributed by atoms with Crippen molar-refractivity contribution >= 4 is 34.8 Å². The number of amides is 3. The van der Waals surface area contributed by atoms with Crippen LogP contribution in [0.15, 0.2) is 62.9 Å². The molecule has 11 nitrogen and oxygen atoms in total. The fourth-order valence-corrected chi connectivity index (χ4v) is 6.53. The van der Waals surface area contributed by atoms with Gasteiger partial charge in [-0.15, -0.1) is 0 Å². The lowest BCUT2D eigenvalue weighted by molar-refractivity contribution is -0.126. The molecule has 2 saturated carbocycles. The summed E-state index contributed by atoms with van der Waals surface area (Å²) in [5.41, 5.74) is 2.82. The summed E-state index contributed by atoms with van der Waals surface area (Å²) in [7, 11) is 0. The van der Waals surface area contributed by atoms with Crippen molar-refractivity contribution in [3.63, 3.8) is 0 Å². The number of nitrogens with one attached hydrogen (secondary N) is 2. The summed E-state index contributed by atoms with van der Waals surface area (Å²) in [4.78, 5) is 57.8. The number of H-pyrrole nitrogens is 1. The van der Waals surface area contributed by atoms with Crippen molar-refractivity contribution in [2.24, 2.45) is 16.4 Å². The Morgan fingerprint density at radius 3 is 2.51 bits per heavy atom. The smallest absolute Gasteiger partial charge is 0.324 e. The van der Waals surface area contributed by atoms with E-state index in [1.54, 1.807) is 24.3 Å². The molecule has 2 fully saturated rings. The van der Waals surface area contributed by atoms with Crippen LogP contribution in [-0.4, -0.2) is 51.7 Å². The first-order valence-electron chi connectivity index (χ1n) is 15.1. The Morgan fingerprint density at radius 2 is 1.77 bits per heavy atom. The van der Waals surface area contributed by atoms with Crippen LogP contribution in [-0.2, 0) is 9.59 Å². The Balaban J connectivity index is 1.30. The van der Waals surface area contributed by atoms with E-state index in [1.165, 1.54) is 9.91 Å². The number of aromatic amines is 1. The van der Waals surface area contributed by atoms with Crippen molar-refractivity contribution in [3.8, 4) is 11.4 Å². The second kappa shape index (κ2) is 12.0. The number of anilines is 2. The molecule has 43 heavy (non-hydrogen) atoms. The molecule has 2 aromatic carbocycles. The van der Waals surface area contributed by atoms with Gasteiger partial charge in [0.2, 0.25) is 5.91 Å². The highest BCUT2D eigenvalue weighted by Crippen LogP contribution is 2.40. The van der Waals surface area contributed by atoms with Crippen molar-refractivity contribution < 1.29 is 18.9 Å². The minimum atomic E-state index is -0.748. The first kappa shape index (κ1) is 28.6. The Bertz CT molecular complexity index is 1610. The molecule has 1 aromatic heterocycles. The van der Waals surface area contributed by atoms with Crippen LogP contribution in [0.2, 0.25) is 0 Å². The van der Waals surface area contributed by atoms with E-state index in [9.17, 15) is 19.2 Å². The third-order valence-corrected chi connectivity index (χ3v) is 8.98. The Labute approximate surface area is 249 Å². The molecule has 2 heterocycles. The maximum Gasteiger partial charge on any atom is 0.460 e. The van der Waals surface area contributed by atoms with Gasteiger partial charge in [-0.05, 0) is 43.9 Å². The number of hydrogen-bond donors (Lipinski definition) is 2. The second-order valence-electron chi connectivity index (χ2n) is 12.0.